The van der Waals surface area contributed by atoms with Gasteiger partial charge in [-0.1, -0.05) is 30.3 Å². The normalized spacial score (nSPS) is 14.5. The van der Waals surface area contributed by atoms with Gasteiger partial charge in [0, 0.05) is 49.7 Å². The number of amides is 1. The lowest BCUT2D eigenvalue weighted by Gasteiger charge is -2.36. The van der Waals surface area contributed by atoms with Gasteiger partial charge in [0.05, 0.1) is 12.8 Å². The van der Waals surface area contributed by atoms with Crippen LogP contribution in [0.15, 0.2) is 54.7 Å². The van der Waals surface area contributed by atoms with Gasteiger partial charge in [0.1, 0.15) is 5.75 Å². The highest BCUT2D eigenvalue weighted by molar-refractivity contribution is 5.83. The van der Waals surface area contributed by atoms with Gasteiger partial charge in [-0.2, -0.15) is 0 Å². The Kier molecular flexibility index (Phi) is 5.51. The fourth-order valence-electron chi connectivity index (χ4n) is 4.01. The van der Waals surface area contributed by atoms with Crippen molar-refractivity contribution in [3.8, 4) is 5.75 Å². The maximum absolute atomic E-state index is 12.6. The molecule has 1 amide bonds. The summed E-state index contributed by atoms with van der Waals surface area (Å²) in [5, 5.41) is 1.26. The van der Waals surface area contributed by atoms with E-state index in [1.54, 1.807) is 7.11 Å². The minimum Gasteiger partial charge on any atom is -0.495 e. The molecule has 0 atom stereocenters. The highest BCUT2D eigenvalue weighted by atomic mass is 16.5. The maximum atomic E-state index is 12.6. The van der Waals surface area contributed by atoms with Gasteiger partial charge in [-0.25, -0.2) is 0 Å². The summed E-state index contributed by atoms with van der Waals surface area (Å²) < 4.78 is 5.47. The third kappa shape index (κ3) is 3.84. The second-order valence-electron chi connectivity index (χ2n) is 7.25. The fraction of sp³-hybridized carbons (Fsp3) is 0.348. The average molecular weight is 377 g/mol. The van der Waals surface area contributed by atoms with E-state index in [2.05, 4.69) is 40.3 Å². The molecule has 1 saturated heterocycles. The van der Waals surface area contributed by atoms with Crippen LogP contribution in [0.2, 0.25) is 0 Å². The molecule has 28 heavy (non-hydrogen) atoms. The quantitative estimate of drug-likeness (QED) is 0.710. The first-order valence-electron chi connectivity index (χ1n) is 9.97. The van der Waals surface area contributed by atoms with Gasteiger partial charge in [-0.3, -0.25) is 4.79 Å². The number of nitrogens with zero attached hydrogens (tertiary/aromatic N) is 2. The Morgan fingerprint density at radius 1 is 1.04 bits per heavy atom. The molecule has 1 fully saturated rings. The number of fused-ring (bicyclic) bond motifs is 1. The van der Waals surface area contributed by atoms with Crippen molar-refractivity contribution in [2.45, 2.75) is 19.3 Å². The number of rotatable bonds is 6. The van der Waals surface area contributed by atoms with E-state index in [1.807, 2.05) is 29.2 Å². The second-order valence-corrected chi connectivity index (χ2v) is 7.25. The molecule has 3 aromatic rings. The van der Waals surface area contributed by atoms with Crippen LogP contribution >= 0.6 is 0 Å². The summed E-state index contributed by atoms with van der Waals surface area (Å²) in [6, 6.07) is 16.4. The van der Waals surface area contributed by atoms with Crippen molar-refractivity contribution in [3.05, 3.63) is 60.3 Å². The lowest BCUT2D eigenvalue weighted by molar-refractivity contribution is -0.131. The molecular formula is C23H27N3O2. The number of anilines is 1. The van der Waals surface area contributed by atoms with Gasteiger partial charge in [0.15, 0.2) is 0 Å². The lowest BCUT2D eigenvalue weighted by Crippen LogP contribution is -2.48. The number of H-pyrrole nitrogens is 1. The van der Waals surface area contributed by atoms with Crippen LogP contribution in [-0.4, -0.2) is 49.1 Å². The molecule has 0 bridgehead atoms. The van der Waals surface area contributed by atoms with Crippen LogP contribution in [0, 0.1) is 0 Å². The number of aryl methyl sites for hydroxylation is 1. The van der Waals surface area contributed by atoms with Crippen LogP contribution < -0.4 is 9.64 Å². The van der Waals surface area contributed by atoms with Gasteiger partial charge < -0.3 is 19.5 Å². The molecule has 0 unspecified atom stereocenters. The van der Waals surface area contributed by atoms with Crippen molar-refractivity contribution >= 4 is 22.5 Å². The Labute approximate surface area is 165 Å². The molecule has 5 nitrogen and oxygen atoms in total. The number of carbonyl (C=O) groups is 1. The Morgan fingerprint density at radius 3 is 2.61 bits per heavy atom. The highest BCUT2D eigenvalue weighted by Gasteiger charge is 2.22. The van der Waals surface area contributed by atoms with E-state index < -0.39 is 0 Å². The summed E-state index contributed by atoms with van der Waals surface area (Å²) in [6.07, 6.45) is 4.49. The number of ether oxygens (including phenoxy) is 1. The van der Waals surface area contributed by atoms with E-state index in [9.17, 15) is 4.79 Å². The first kappa shape index (κ1) is 18.4. The fourth-order valence-corrected chi connectivity index (χ4v) is 4.01. The van der Waals surface area contributed by atoms with Crippen molar-refractivity contribution < 1.29 is 9.53 Å². The van der Waals surface area contributed by atoms with Crippen LogP contribution in [0.4, 0.5) is 5.69 Å². The van der Waals surface area contributed by atoms with Crippen LogP contribution in [0.3, 0.4) is 0 Å². The van der Waals surface area contributed by atoms with Gasteiger partial charge in [-0.15, -0.1) is 0 Å². The van der Waals surface area contributed by atoms with E-state index >= 15 is 0 Å². The van der Waals surface area contributed by atoms with Crippen molar-refractivity contribution in [1.29, 1.82) is 0 Å². The molecule has 146 valence electrons. The van der Waals surface area contributed by atoms with Crippen LogP contribution in [0.25, 0.3) is 10.9 Å². The summed E-state index contributed by atoms with van der Waals surface area (Å²) in [4.78, 5) is 20.2. The number of para-hydroxylation sites is 3. The third-order valence-corrected chi connectivity index (χ3v) is 5.57. The number of piperazine rings is 1. The first-order chi connectivity index (χ1) is 13.8. The first-order valence-corrected chi connectivity index (χ1v) is 9.97. The summed E-state index contributed by atoms with van der Waals surface area (Å²) in [5.41, 5.74) is 3.57. The highest BCUT2D eigenvalue weighted by Crippen LogP contribution is 2.28. The lowest BCUT2D eigenvalue weighted by atomic mass is 10.1. The number of aromatic amines is 1. The smallest absolute Gasteiger partial charge is 0.222 e. The minimum absolute atomic E-state index is 0.263. The number of nitrogens with one attached hydrogen (secondary N) is 1. The maximum Gasteiger partial charge on any atom is 0.222 e. The number of methoxy groups -OCH3 is 1. The summed E-state index contributed by atoms with van der Waals surface area (Å²) >= 11 is 0. The SMILES string of the molecule is COc1ccccc1N1CCN(C(=O)CCCc2c[nH]c3ccccc23)CC1. The molecule has 0 spiro atoms. The molecular weight excluding hydrogens is 350 g/mol. The molecule has 1 aromatic heterocycles. The molecule has 0 saturated carbocycles. The summed E-state index contributed by atoms with van der Waals surface area (Å²) in [5.74, 6) is 1.15. The molecule has 0 aliphatic carbocycles. The molecule has 0 radical (unpaired) electrons. The predicted molar refractivity (Wildman–Crippen MR) is 113 cm³/mol. The van der Waals surface area contributed by atoms with Crippen LogP contribution in [0.5, 0.6) is 5.75 Å². The molecule has 2 heterocycles. The second kappa shape index (κ2) is 8.38. The van der Waals surface area contributed by atoms with Gasteiger partial charge in [0.2, 0.25) is 5.91 Å². The van der Waals surface area contributed by atoms with E-state index in [-0.39, 0.29) is 5.91 Å². The standard InChI is InChI=1S/C23H27N3O2/c1-28-22-11-5-4-10-21(22)25-13-15-26(16-14-25)23(27)12-6-7-18-17-24-20-9-3-2-8-19(18)20/h2-5,8-11,17,24H,6-7,12-16H2,1H3. The Bertz CT molecular complexity index is 942. The van der Waals surface area contributed by atoms with Gasteiger partial charge in [-0.05, 0) is 36.6 Å². The zero-order chi connectivity index (χ0) is 19.3. The van der Waals surface area contributed by atoms with Gasteiger partial charge in [0.25, 0.3) is 0 Å². The van der Waals surface area contributed by atoms with Crippen LogP contribution in [0.1, 0.15) is 18.4 Å². The monoisotopic (exact) mass is 377 g/mol. The number of hydrogen-bond acceptors (Lipinski definition) is 3. The molecule has 2 aromatic carbocycles. The molecule has 1 N–H and O–H groups in total. The van der Waals surface area contributed by atoms with Crippen molar-refractivity contribution in [1.82, 2.24) is 9.88 Å². The van der Waals surface area contributed by atoms with Crippen molar-refractivity contribution in [2.75, 3.05) is 38.2 Å². The molecule has 1 aliphatic heterocycles. The van der Waals surface area contributed by atoms with E-state index in [1.165, 1.54) is 10.9 Å². The number of aromatic nitrogens is 1. The predicted octanol–water partition coefficient (Wildman–Crippen LogP) is 3.85. The Morgan fingerprint density at radius 2 is 1.79 bits per heavy atom. The third-order valence-electron chi connectivity index (χ3n) is 5.57. The van der Waals surface area contributed by atoms with Crippen molar-refractivity contribution in [3.63, 3.8) is 0 Å². The average Bonchev–Trinajstić information content (AvgIpc) is 3.17. The largest absolute Gasteiger partial charge is 0.495 e. The van der Waals surface area contributed by atoms with E-state index in [0.717, 1.165) is 56.0 Å². The van der Waals surface area contributed by atoms with E-state index in [4.69, 9.17) is 4.74 Å². The molecule has 4 rings (SSSR count). The zero-order valence-electron chi connectivity index (χ0n) is 16.4. The Hall–Kier alpha value is -2.95. The Balaban J connectivity index is 1.27. The molecule has 5 heteroatoms. The van der Waals surface area contributed by atoms with E-state index in [0.29, 0.717) is 6.42 Å². The summed E-state index contributed by atoms with van der Waals surface area (Å²) in [7, 11) is 1.70. The topological polar surface area (TPSA) is 48.6 Å². The van der Waals surface area contributed by atoms with Gasteiger partial charge >= 0.3 is 0 Å². The number of hydrogen-bond donors (Lipinski definition) is 1. The van der Waals surface area contributed by atoms with Crippen LogP contribution in [-0.2, 0) is 11.2 Å². The minimum atomic E-state index is 0.263. The van der Waals surface area contributed by atoms with Crippen molar-refractivity contribution in [2.24, 2.45) is 0 Å². The molecule has 1 aliphatic rings. The summed E-state index contributed by atoms with van der Waals surface area (Å²) in [6.45, 7) is 3.22. The number of carbonyl (C=O) groups excluding carboxylic acids is 1. The zero-order valence-corrected chi connectivity index (χ0v) is 16.4. The number of benzene rings is 2.